The van der Waals surface area contributed by atoms with Crippen molar-refractivity contribution in [3.63, 3.8) is 0 Å². The Kier molecular flexibility index (Phi) is 8.18. The molecular formula is C13H26. The summed E-state index contributed by atoms with van der Waals surface area (Å²) in [4.78, 5) is 0. The zero-order valence-corrected chi connectivity index (χ0v) is 9.84. The number of hydrogen-bond acceptors (Lipinski definition) is 0. The summed E-state index contributed by atoms with van der Waals surface area (Å²) in [6, 6.07) is 0. The maximum Gasteiger partial charge on any atom is -0.0236 e. The first kappa shape index (κ1) is 12.7. The quantitative estimate of drug-likeness (QED) is 0.392. The monoisotopic (exact) mass is 182 g/mol. The summed E-state index contributed by atoms with van der Waals surface area (Å²) < 4.78 is 0. The summed E-state index contributed by atoms with van der Waals surface area (Å²) in [5, 5.41) is 0. The Bertz CT molecular complexity index is 124. The van der Waals surface area contributed by atoms with Crippen molar-refractivity contribution in [2.24, 2.45) is 11.8 Å². The van der Waals surface area contributed by atoms with E-state index >= 15 is 0 Å². The van der Waals surface area contributed by atoms with Gasteiger partial charge in [-0.05, 0) is 18.8 Å². The Morgan fingerprint density at radius 2 is 1.77 bits per heavy atom. The third kappa shape index (κ3) is 6.86. The molecule has 0 aromatic heterocycles. The topological polar surface area (TPSA) is 0 Å². The molecule has 0 heteroatoms. The van der Waals surface area contributed by atoms with Crippen LogP contribution in [0.3, 0.4) is 0 Å². The van der Waals surface area contributed by atoms with Crippen LogP contribution in [0.25, 0.3) is 0 Å². The minimum atomic E-state index is 0.756. The molecule has 0 aliphatic heterocycles. The molecule has 0 saturated heterocycles. The van der Waals surface area contributed by atoms with E-state index in [1.807, 2.05) is 0 Å². The van der Waals surface area contributed by atoms with Crippen LogP contribution in [0.4, 0.5) is 0 Å². The zero-order valence-electron chi connectivity index (χ0n) is 9.84. The molecule has 78 valence electrons. The molecule has 0 aliphatic rings. The van der Waals surface area contributed by atoms with Crippen LogP contribution in [0.5, 0.6) is 0 Å². The summed E-state index contributed by atoms with van der Waals surface area (Å²) in [6.45, 7) is 9.08. The van der Waals surface area contributed by atoms with Crippen molar-refractivity contribution in [3.8, 4) is 0 Å². The van der Waals surface area contributed by atoms with Gasteiger partial charge in [-0.25, -0.2) is 0 Å². The zero-order chi connectivity index (χ0) is 10.1. The van der Waals surface area contributed by atoms with Gasteiger partial charge in [0.25, 0.3) is 0 Å². The third-order valence-electron chi connectivity index (χ3n) is 2.91. The number of hydrogen-bond donors (Lipinski definition) is 0. The largest absolute Gasteiger partial charge is 0.0914 e. The van der Waals surface area contributed by atoms with Crippen LogP contribution in [-0.2, 0) is 0 Å². The van der Waals surface area contributed by atoms with Crippen molar-refractivity contribution in [2.45, 2.75) is 59.8 Å². The lowest BCUT2D eigenvalue weighted by atomic mass is 9.90. The highest BCUT2D eigenvalue weighted by Gasteiger charge is 2.07. The average molecular weight is 182 g/mol. The molecule has 0 fully saturated rings. The number of rotatable bonds is 7. The van der Waals surface area contributed by atoms with Crippen molar-refractivity contribution in [2.75, 3.05) is 0 Å². The number of allylic oxidation sites excluding steroid dienone is 2. The van der Waals surface area contributed by atoms with Crippen LogP contribution in [0, 0.1) is 11.8 Å². The van der Waals surface area contributed by atoms with E-state index < -0.39 is 0 Å². The molecule has 13 heavy (non-hydrogen) atoms. The van der Waals surface area contributed by atoms with Crippen molar-refractivity contribution < 1.29 is 0 Å². The Balaban J connectivity index is 3.43. The van der Waals surface area contributed by atoms with E-state index in [2.05, 4.69) is 39.8 Å². The van der Waals surface area contributed by atoms with Crippen molar-refractivity contribution in [3.05, 3.63) is 12.2 Å². The van der Waals surface area contributed by atoms with Gasteiger partial charge in [0.1, 0.15) is 0 Å². The molecule has 0 rings (SSSR count). The van der Waals surface area contributed by atoms with Crippen LogP contribution in [0.1, 0.15) is 59.8 Å². The van der Waals surface area contributed by atoms with Gasteiger partial charge < -0.3 is 0 Å². The van der Waals surface area contributed by atoms with Crippen molar-refractivity contribution in [1.29, 1.82) is 0 Å². The molecule has 0 spiro atoms. The summed E-state index contributed by atoms with van der Waals surface area (Å²) in [5.41, 5.74) is 0. The van der Waals surface area contributed by atoms with Crippen LogP contribution < -0.4 is 0 Å². The average Bonchev–Trinajstić information content (AvgIpc) is 2.12. The normalized spacial score (nSPS) is 16.3. The fraction of sp³-hybridized carbons (Fsp3) is 0.846. The maximum atomic E-state index is 2.37. The van der Waals surface area contributed by atoms with Crippen LogP contribution in [0.2, 0.25) is 0 Å². The maximum absolute atomic E-state index is 2.37. The standard InChI is InChI=1S/C13H26/c1-5-7-8-9-11-13(4)12(3)10-6-2/h6,10,12-13H,5,7-9,11H2,1-4H3/b10-6+. The second-order valence-corrected chi connectivity index (χ2v) is 4.21. The number of unbranched alkanes of at least 4 members (excludes halogenated alkanes) is 3. The predicted molar refractivity (Wildman–Crippen MR) is 61.9 cm³/mol. The highest BCUT2D eigenvalue weighted by Crippen LogP contribution is 2.19. The molecule has 0 amide bonds. The second kappa shape index (κ2) is 8.34. The van der Waals surface area contributed by atoms with Gasteiger partial charge in [0.05, 0.1) is 0 Å². The minimum absolute atomic E-state index is 0.756. The summed E-state index contributed by atoms with van der Waals surface area (Å²) >= 11 is 0. The van der Waals surface area contributed by atoms with E-state index in [0.29, 0.717) is 0 Å². The van der Waals surface area contributed by atoms with Gasteiger partial charge in [0, 0.05) is 0 Å². The lowest BCUT2D eigenvalue weighted by Crippen LogP contribution is -2.04. The lowest BCUT2D eigenvalue weighted by Gasteiger charge is -2.15. The van der Waals surface area contributed by atoms with Gasteiger partial charge in [-0.15, -0.1) is 0 Å². The first-order valence-corrected chi connectivity index (χ1v) is 5.85. The van der Waals surface area contributed by atoms with Gasteiger partial charge in [-0.3, -0.25) is 0 Å². The Hall–Kier alpha value is -0.260. The van der Waals surface area contributed by atoms with Crippen LogP contribution in [0.15, 0.2) is 12.2 Å². The molecule has 0 saturated carbocycles. The van der Waals surface area contributed by atoms with Crippen molar-refractivity contribution in [1.82, 2.24) is 0 Å². The molecule has 0 aromatic carbocycles. The summed E-state index contributed by atoms with van der Waals surface area (Å²) in [7, 11) is 0. The Morgan fingerprint density at radius 1 is 1.08 bits per heavy atom. The van der Waals surface area contributed by atoms with Crippen molar-refractivity contribution >= 4 is 0 Å². The minimum Gasteiger partial charge on any atom is -0.0914 e. The third-order valence-corrected chi connectivity index (χ3v) is 2.91. The van der Waals surface area contributed by atoms with E-state index in [-0.39, 0.29) is 0 Å². The van der Waals surface area contributed by atoms with Crippen LogP contribution >= 0.6 is 0 Å². The first-order chi connectivity index (χ1) is 6.22. The molecular weight excluding hydrogens is 156 g/mol. The smallest absolute Gasteiger partial charge is 0.0236 e. The fourth-order valence-corrected chi connectivity index (χ4v) is 1.65. The van der Waals surface area contributed by atoms with Crippen LogP contribution in [-0.4, -0.2) is 0 Å². The molecule has 0 aliphatic carbocycles. The van der Waals surface area contributed by atoms with E-state index in [4.69, 9.17) is 0 Å². The Labute approximate surface area is 84.4 Å². The van der Waals surface area contributed by atoms with E-state index in [0.717, 1.165) is 11.8 Å². The summed E-state index contributed by atoms with van der Waals surface area (Å²) in [5.74, 6) is 1.61. The highest BCUT2D eigenvalue weighted by atomic mass is 14.1. The molecule has 2 atom stereocenters. The molecule has 2 unspecified atom stereocenters. The van der Waals surface area contributed by atoms with E-state index in [1.54, 1.807) is 0 Å². The highest BCUT2D eigenvalue weighted by molar-refractivity contribution is 4.85. The lowest BCUT2D eigenvalue weighted by molar-refractivity contribution is 0.406. The molecule has 0 bridgehead atoms. The van der Waals surface area contributed by atoms with Gasteiger partial charge in [-0.2, -0.15) is 0 Å². The van der Waals surface area contributed by atoms with Gasteiger partial charge in [-0.1, -0.05) is 65.0 Å². The van der Waals surface area contributed by atoms with E-state index in [1.165, 1.54) is 32.1 Å². The fourth-order valence-electron chi connectivity index (χ4n) is 1.65. The molecule has 0 N–H and O–H groups in total. The first-order valence-electron chi connectivity index (χ1n) is 5.85. The van der Waals surface area contributed by atoms with Gasteiger partial charge in [0.15, 0.2) is 0 Å². The Morgan fingerprint density at radius 3 is 2.31 bits per heavy atom. The molecule has 0 radical (unpaired) electrons. The van der Waals surface area contributed by atoms with Gasteiger partial charge >= 0.3 is 0 Å². The molecule has 0 aromatic rings. The second-order valence-electron chi connectivity index (χ2n) is 4.21. The molecule has 0 heterocycles. The predicted octanol–water partition coefficient (Wildman–Crippen LogP) is 4.81. The molecule has 0 nitrogen and oxygen atoms in total. The summed E-state index contributed by atoms with van der Waals surface area (Å²) in [6.07, 6.45) is 11.5. The van der Waals surface area contributed by atoms with Gasteiger partial charge in [0.2, 0.25) is 0 Å². The SMILES string of the molecule is C/C=C/C(C)C(C)CCCCCC. The van der Waals surface area contributed by atoms with E-state index in [9.17, 15) is 0 Å².